The second-order valence-electron chi connectivity index (χ2n) is 13.2. The zero-order valence-electron chi connectivity index (χ0n) is 22.2. The first-order valence-electron chi connectivity index (χ1n) is 13.8. The molecule has 11 unspecified atom stereocenters. The molecule has 0 bridgehead atoms. The molecule has 0 amide bonds. The second-order valence-corrected chi connectivity index (χ2v) is 13.2. The number of allylic oxidation sites excluding steroid dienone is 2. The SMILES string of the molecule is CC(=O)OC1CC2C3CCC(C(C)C=CCC(C)C)C3(C)CC(O)C2C2(C)CCC(O)CC12O. The third-order valence-corrected chi connectivity index (χ3v) is 10.8. The topological polar surface area (TPSA) is 87.0 Å². The van der Waals surface area contributed by atoms with Crippen LogP contribution < -0.4 is 0 Å². The molecule has 11 atom stereocenters. The van der Waals surface area contributed by atoms with Gasteiger partial charge < -0.3 is 20.1 Å². The Kier molecular flexibility index (Phi) is 7.07. The molecule has 0 aromatic carbocycles. The summed E-state index contributed by atoms with van der Waals surface area (Å²) in [6.45, 7) is 12.7. The molecule has 34 heavy (non-hydrogen) atoms. The summed E-state index contributed by atoms with van der Waals surface area (Å²) < 4.78 is 5.80. The standard InChI is InChI=1S/C29H48O5/c1-17(2)8-7-9-18(3)22-10-11-23-21-14-25(34-19(4)30)29(33)15-20(31)12-13-28(29,6)26(21)24(32)16-27(22,23)5/h7,9,17-18,20-26,31-33H,8,10-16H2,1-6H3. The van der Waals surface area contributed by atoms with Gasteiger partial charge in [-0.2, -0.15) is 0 Å². The molecule has 0 aliphatic heterocycles. The van der Waals surface area contributed by atoms with Gasteiger partial charge in [-0.1, -0.05) is 46.8 Å². The lowest BCUT2D eigenvalue weighted by atomic mass is 9.41. The highest BCUT2D eigenvalue weighted by molar-refractivity contribution is 5.66. The fraction of sp³-hybridized carbons (Fsp3) is 0.897. The van der Waals surface area contributed by atoms with Crippen molar-refractivity contribution in [2.24, 2.45) is 46.3 Å². The molecule has 0 saturated heterocycles. The minimum atomic E-state index is -1.31. The summed E-state index contributed by atoms with van der Waals surface area (Å²) >= 11 is 0. The van der Waals surface area contributed by atoms with E-state index in [9.17, 15) is 20.1 Å². The van der Waals surface area contributed by atoms with Crippen molar-refractivity contribution in [3.05, 3.63) is 12.2 Å². The van der Waals surface area contributed by atoms with E-state index in [1.807, 2.05) is 0 Å². The van der Waals surface area contributed by atoms with E-state index < -0.39 is 29.3 Å². The summed E-state index contributed by atoms with van der Waals surface area (Å²) in [6, 6.07) is 0. The molecule has 4 rings (SSSR count). The summed E-state index contributed by atoms with van der Waals surface area (Å²) in [4.78, 5) is 12.1. The van der Waals surface area contributed by atoms with Crippen LogP contribution in [-0.2, 0) is 9.53 Å². The van der Waals surface area contributed by atoms with Gasteiger partial charge in [-0.05, 0) is 85.9 Å². The van der Waals surface area contributed by atoms with Crippen molar-refractivity contribution in [1.29, 1.82) is 0 Å². The lowest BCUT2D eigenvalue weighted by Crippen LogP contribution is -2.71. The number of rotatable bonds is 5. The number of carbonyl (C=O) groups is 1. The fourth-order valence-corrected chi connectivity index (χ4v) is 9.30. The number of carbonyl (C=O) groups excluding carboxylic acids is 1. The van der Waals surface area contributed by atoms with E-state index in [1.165, 1.54) is 6.92 Å². The highest BCUT2D eigenvalue weighted by Crippen LogP contribution is 2.69. The smallest absolute Gasteiger partial charge is 0.303 e. The third kappa shape index (κ3) is 4.08. The van der Waals surface area contributed by atoms with Crippen LogP contribution in [0.15, 0.2) is 12.2 Å². The number of esters is 1. The van der Waals surface area contributed by atoms with E-state index in [1.54, 1.807) is 0 Å². The van der Waals surface area contributed by atoms with Crippen LogP contribution in [0, 0.1) is 46.3 Å². The van der Waals surface area contributed by atoms with Gasteiger partial charge in [0, 0.05) is 18.8 Å². The molecule has 5 nitrogen and oxygen atoms in total. The summed E-state index contributed by atoms with van der Waals surface area (Å²) in [5.74, 6) is 1.86. The number of fused-ring (bicyclic) bond motifs is 5. The maximum Gasteiger partial charge on any atom is 0.303 e. The van der Waals surface area contributed by atoms with Gasteiger partial charge in [-0.15, -0.1) is 0 Å². The second kappa shape index (κ2) is 9.19. The molecule has 4 aliphatic carbocycles. The molecule has 5 heteroatoms. The first-order chi connectivity index (χ1) is 15.8. The fourth-order valence-electron chi connectivity index (χ4n) is 9.30. The predicted octanol–water partition coefficient (Wildman–Crippen LogP) is 4.87. The molecular weight excluding hydrogens is 428 g/mol. The highest BCUT2D eigenvalue weighted by atomic mass is 16.6. The Morgan fingerprint density at radius 2 is 1.82 bits per heavy atom. The van der Waals surface area contributed by atoms with E-state index in [0.29, 0.717) is 42.9 Å². The molecule has 0 spiro atoms. The van der Waals surface area contributed by atoms with Gasteiger partial charge in [0.15, 0.2) is 0 Å². The lowest BCUT2D eigenvalue weighted by molar-refractivity contribution is -0.286. The van der Waals surface area contributed by atoms with Crippen molar-refractivity contribution in [3.8, 4) is 0 Å². The molecule has 4 saturated carbocycles. The van der Waals surface area contributed by atoms with Crippen LogP contribution in [0.5, 0.6) is 0 Å². The van der Waals surface area contributed by atoms with E-state index in [-0.39, 0.29) is 29.6 Å². The van der Waals surface area contributed by atoms with Crippen molar-refractivity contribution in [3.63, 3.8) is 0 Å². The monoisotopic (exact) mass is 476 g/mol. The van der Waals surface area contributed by atoms with Crippen molar-refractivity contribution in [1.82, 2.24) is 0 Å². The maximum atomic E-state index is 12.1. The number of aliphatic hydroxyl groups is 3. The number of hydrogen-bond acceptors (Lipinski definition) is 5. The minimum absolute atomic E-state index is 0.0307. The first kappa shape index (κ1) is 26.2. The van der Waals surface area contributed by atoms with Crippen molar-refractivity contribution >= 4 is 5.97 Å². The van der Waals surface area contributed by atoms with Crippen LogP contribution in [0.4, 0.5) is 0 Å². The highest BCUT2D eigenvalue weighted by Gasteiger charge is 2.70. The Labute approximate surface area is 206 Å². The number of hydrogen-bond donors (Lipinski definition) is 3. The Bertz CT molecular complexity index is 793. The van der Waals surface area contributed by atoms with Crippen molar-refractivity contribution in [2.75, 3.05) is 0 Å². The van der Waals surface area contributed by atoms with Crippen LogP contribution in [-0.4, -0.2) is 45.2 Å². The predicted molar refractivity (Wildman–Crippen MR) is 133 cm³/mol. The van der Waals surface area contributed by atoms with Crippen LogP contribution in [0.3, 0.4) is 0 Å². The van der Waals surface area contributed by atoms with E-state index >= 15 is 0 Å². The lowest BCUT2D eigenvalue weighted by Gasteiger charge is -2.66. The number of aliphatic hydroxyl groups excluding tert-OH is 2. The Hall–Kier alpha value is -0.910. The van der Waals surface area contributed by atoms with Gasteiger partial charge in [0.25, 0.3) is 0 Å². The molecule has 0 aromatic rings. The van der Waals surface area contributed by atoms with E-state index in [4.69, 9.17) is 4.74 Å². The van der Waals surface area contributed by atoms with Crippen molar-refractivity contribution in [2.45, 2.75) is 117 Å². The summed E-state index contributed by atoms with van der Waals surface area (Å²) in [5.41, 5.74) is -1.86. The minimum Gasteiger partial charge on any atom is -0.459 e. The Morgan fingerprint density at radius 3 is 2.47 bits per heavy atom. The van der Waals surface area contributed by atoms with Crippen LogP contribution >= 0.6 is 0 Å². The zero-order valence-corrected chi connectivity index (χ0v) is 22.2. The Morgan fingerprint density at radius 1 is 1.12 bits per heavy atom. The first-order valence-corrected chi connectivity index (χ1v) is 13.8. The van der Waals surface area contributed by atoms with E-state index in [0.717, 1.165) is 25.7 Å². The molecule has 0 heterocycles. The Balaban J connectivity index is 1.67. The summed E-state index contributed by atoms with van der Waals surface area (Å²) in [6.07, 6.45) is 9.16. The molecule has 194 valence electrons. The van der Waals surface area contributed by atoms with Gasteiger partial charge in [-0.3, -0.25) is 4.79 Å². The summed E-state index contributed by atoms with van der Waals surface area (Å²) in [5, 5.41) is 34.2. The van der Waals surface area contributed by atoms with Gasteiger partial charge in [0.1, 0.15) is 11.7 Å². The molecular formula is C29H48O5. The molecule has 0 radical (unpaired) electrons. The molecule has 0 aromatic heterocycles. The van der Waals surface area contributed by atoms with Crippen molar-refractivity contribution < 1.29 is 24.9 Å². The van der Waals surface area contributed by atoms with Crippen LogP contribution in [0.1, 0.15) is 92.9 Å². The van der Waals surface area contributed by atoms with Gasteiger partial charge in [0.2, 0.25) is 0 Å². The molecule has 4 fully saturated rings. The van der Waals surface area contributed by atoms with Gasteiger partial charge in [0.05, 0.1) is 12.2 Å². The third-order valence-electron chi connectivity index (χ3n) is 10.8. The van der Waals surface area contributed by atoms with Crippen LogP contribution in [0.2, 0.25) is 0 Å². The molecule has 3 N–H and O–H groups in total. The van der Waals surface area contributed by atoms with Gasteiger partial charge >= 0.3 is 5.97 Å². The summed E-state index contributed by atoms with van der Waals surface area (Å²) in [7, 11) is 0. The maximum absolute atomic E-state index is 12.1. The average molecular weight is 477 g/mol. The molecule has 4 aliphatic rings. The average Bonchev–Trinajstić information content (AvgIpc) is 3.05. The quantitative estimate of drug-likeness (QED) is 0.389. The zero-order chi connectivity index (χ0) is 25.1. The normalized spacial score (nSPS) is 49.4. The van der Waals surface area contributed by atoms with E-state index in [2.05, 4.69) is 46.8 Å². The van der Waals surface area contributed by atoms with Gasteiger partial charge in [-0.25, -0.2) is 0 Å². The largest absolute Gasteiger partial charge is 0.459 e. The number of ether oxygens (including phenoxy) is 1. The van der Waals surface area contributed by atoms with Crippen LogP contribution in [0.25, 0.3) is 0 Å².